The van der Waals surface area contributed by atoms with Crippen molar-refractivity contribution in [2.75, 3.05) is 32.8 Å². The van der Waals surface area contributed by atoms with E-state index >= 15 is 0 Å². The van der Waals surface area contributed by atoms with Gasteiger partial charge in [0, 0.05) is 31.8 Å². The quantitative estimate of drug-likeness (QED) is 0.456. The van der Waals surface area contributed by atoms with Crippen molar-refractivity contribution in [3.05, 3.63) is 89.5 Å². The summed E-state index contributed by atoms with van der Waals surface area (Å²) in [6.45, 7) is 4.60. The number of ether oxygens (including phenoxy) is 1. The van der Waals surface area contributed by atoms with Crippen LogP contribution in [0.1, 0.15) is 36.0 Å². The Labute approximate surface area is 213 Å². The summed E-state index contributed by atoms with van der Waals surface area (Å²) in [6, 6.07) is 25.2. The fraction of sp³-hybridized carbons (Fsp3) is 0.355. The second-order valence-electron chi connectivity index (χ2n) is 9.92. The lowest BCUT2D eigenvalue weighted by Crippen LogP contribution is -2.25. The van der Waals surface area contributed by atoms with Gasteiger partial charge < -0.3 is 10.1 Å². The van der Waals surface area contributed by atoms with Crippen molar-refractivity contribution >= 4 is 11.7 Å². The Hall–Kier alpha value is -3.44. The molecule has 1 atom stereocenters. The molecule has 5 rings (SSSR count). The van der Waals surface area contributed by atoms with Gasteiger partial charge in [0.1, 0.15) is 18.1 Å². The number of rotatable bonds is 10. The standard InChI is InChI=1S/C31H34N2O3/c34-30(27-21-31(35)32-22-27)20-24-7-11-25(12-8-24)29-6-2-1-5-26(29)19-23-9-13-28(14-10-23)36-18-17-33-15-3-4-16-33/h1-2,5-14,27H,3-4,15-22H2,(H,32,35). The molecule has 2 saturated heterocycles. The molecule has 1 amide bonds. The molecule has 2 aliphatic heterocycles. The van der Waals surface area contributed by atoms with Crippen molar-refractivity contribution in [3.63, 3.8) is 0 Å². The van der Waals surface area contributed by atoms with Gasteiger partial charge in [-0.3, -0.25) is 14.5 Å². The van der Waals surface area contributed by atoms with Crippen molar-refractivity contribution in [2.45, 2.75) is 32.1 Å². The molecule has 2 fully saturated rings. The summed E-state index contributed by atoms with van der Waals surface area (Å²) in [5.74, 6) is 0.832. The van der Waals surface area contributed by atoms with Crippen LogP contribution < -0.4 is 10.1 Å². The van der Waals surface area contributed by atoms with Crippen LogP contribution in [0.5, 0.6) is 5.75 Å². The maximum atomic E-state index is 12.5. The van der Waals surface area contributed by atoms with Crippen LogP contribution in [0, 0.1) is 5.92 Å². The van der Waals surface area contributed by atoms with E-state index in [4.69, 9.17) is 4.74 Å². The molecule has 0 saturated carbocycles. The van der Waals surface area contributed by atoms with E-state index in [1.165, 1.54) is 42.6 Å². The van der Waals surface area contributed by atoms with E-state index in [1.54, 1.807) is 0 Å². The number of nitrogens with one attached hydrogen (secondary N) is 1. The number of nitrogens with zero attached hydrogens (tertiary/aromatic N) is 1. The fourth-order valence-electron chi connectivity index (χ4n) is 5.16. The molecule has 0 spiro atoms. The van der Waals surface area contributed by atoms with Crippen LogP contribution in [0.2, 0.25) is 0 Å². The predicted molar refractivity (Wildman–Crippen MR) is 142 cm³/mol. The molecule has 1 unspecified atom stereocenters. The first-order valence-corrected chi connectivity index (χ1v) is 13.0. The molecule has 3 aromatic carbocycles. The molecule has 5 heteroatoms. The Morgan fingerprint density at radius 3 is 2.36 bits per heavy atom. The van der Waals surface area contributed by atoms with Crippen molar-refractivity contribution < 1.29 is 14.3 Å². The first kappa shape index (κ1) is 24.3. The van der Waals surface area contributed by atoms with Crippen molar-refractivity contribution in [3.8, 4) is 16.9 Å². The smallest absolute Gasteiger partial charge is 0.220 e. The van der Waals surface area contributed by atoms with Crippen molar-refractivity contribution in [2.24, 2.45) is 5.92 Å². The molecule has 1 N–H and O–H groups in total. The summed E-state index contributed by atoms with van der Waals surface area (Å²) in [4.78, 5) is 26.4. The van der Waals surface area contributed by atoms with E-state index in [0.29, 0.717) is 19.4 Å². The summed E-state index contributed by atoms with van der Waals surface area (Å²) < 4.78 is 5.96. The molecule has 3 aromatic rings. The van der Waals surface area contributed by atoms with Gasteiger partial charge in [0.15, 0.2) is 0 Å². The van der Waals surface area contributed by atoms with Gasteiger partial charge >= 0.3 is 0 Å². The molecule has 2 heterocycles. The molecule has 2 aliphatic rings. The van der Waals surface area contributed by atoms with Crippen LogP contribution in [0.3, 0.4) is 0 Å². The average molecular weight is 483 g/mol. The highest BCUT2D eigenvalue weighted by atomic mass is 16.5. The Kier molecular flexibility index (Phi) is 7.77. The minimum absolute atomic E-state index is 0.0278. The molecule has 5 nitrogen and oxygen atoms in total. The zero-order valence-corrected chi connectivity index (χ0v) is 20.7. The number of hydrogen-bond acceptors (Lipinski definition) is 4. The van der Waals surface area contributed by atoms with E-state index < -0.39 is 0 Å². The largest absolute Gasteiger partial charge is 0.492 e. The number of Topliss-reactive ketones (excluding diaryl/α,β-unsaturated/α-hetero) is 1. The third-order valence-electron chi connectivity index (χ3n) is 7.29. The molecule has 186 valence electrons. The molecule has 0 bridgehead atoms. The highest BCUT2D eigenvalue weighted by Gasteiger charge is 2.27. The van der Waals surface area contributed by atoms with E-state index in [1.807, 2.05) is 12.1 Å². The van der Waals surface area contributed by atoms with Crippen molar-refractivity contribution in [1.82, 2.24) is 10.2 Å². The van der Waals surface area contributed by atoms with Gasteiger partial charge in [0.25, 0.3) is 0 Å². The lowest BCUT2D eigenvalue weighted by Gasteiger charge is -2.15. The Morgan fingerprint density at radius 2 is 1.64 bits per heavy atom. The Morgan fingerprint density at radius 1 is 0.917 bits per heavy atom. The van der Waals surface area contributed by atoms with Crippen LogP contribution in [-0.2, 0) is 22.4 Å². The highest BCUT2D eigenvalue weighted by Crippen LogP contribution is 2.27. The van der Waals surface area contributed by atoms with Crippen LogP contribution >= 0.6 is 0 Å². The first-order valence-electron chi connectivity index (χ1n) is 13.0. The zero-order chi connectivity index (χ0) is 24.7. The number of likely N-dealkylation sites (tertiary alicyclic amines) is 1. The predicted octanol–water partition coefficient (Wildman–Crippen LogP) is 4.67. The number of carbonyl (C=O) groups is 2. The molecule has 0 aliphatic carbocycles. The monoisotopic (exact) mass is 482 g/mol. The number of hydrogen-bond donors (Lipinski definition) is 1. The third-order valence-corrected chi connectivity index (χ3v) is 7.29. The van der Waals surface area contributed by atoms with Crippen LogP contribution in [-0.4, -0.2) is 49.4 Å². The van der Waals surface area contributed by atoms with Crippen LogP contribution in [0.4, 0.5) is 0 Å². The first-order chi connectivity index (χ1) is 17.6. The van der Waals surface area contributed by atoms with Crippen LogP contribution in [0.15, 0.2) is 72.8 Å². The van der Waals surface area contributed by atoms with Gasteiger partial charge in [-0.25, -0.2) is 0 Å². The molecule has 0 radical (unpaired) electrons. The summed E-state index contributed by atoms with van der Waals surface area (Å²) in [7, 11) is 0. The molecular formula is C31H34N2O3. The van der Waals surface area contributed by atoms with Gasteiger partial charge in [-0.1, -0.05) is 60.7 Å². The maximum absolute atomic E-state index is 12.5. The Balaban J connectivity index is 1.19. The van der Waals surface area contributed by atoms with E-state index in [-0.39, 0.29) is 17.6 Å². The zero-order valence-electron chi connectivity index (χ0n) is 20.7. The van der Waals surface area contributed by atoms with Gasteiger partial charge in [-0.15, -0.1) is 0 Å². The molecule has 36 heavy (non-hydrogen) atoms. The molecular weight excluding hydrogens is 448 g/mol. The minimum atomic E-state index is -0.195. The lowest BCUT2D eigenvalue weighted by molar-refractivity contribution is -0.124. The van der Waals surface area contributed by atoms with Crippen LogP contribution in [0.25, 0.3) is 11.1 Å². The summed E-state index contributed by atoms with van der Waals surface area (Å²) in [5.41, 5.74) is 5.84. The topological polar surface area (TPSA) is 58.6 Å². The average Bonchev–Trinajstić information content (AvgIpc) is 3.58. The normalized spacial score (nSPS) is 17.8. The lowest BCUT2D eigenvalue weighted by atomic mass is 9.93. The number of ketones is 1. The maximum Gasteiger partial charge on any atom is 0.220 e. The Bertz CT molecular complexity index is 1180. The number of amides is 1. The second-order valence-corrected chi connectivity index (χ2v) is 9.92. The highest BCUT2D eigenvalue weighted by molar-refractivity contribution is 5.91. The van der Waals surface area contributed by atoms with Gasteiger partial charge in [0.05, 0.1) is 0 Å². The van der Waals surface area contributed by atoms with Gasteiger partial charge in [0.2, 0.25) is 5.91 Å². The van der Waals surface area contributed by atoms with Crippen molar-refractivity contribution in [1.29, 1.82) is 0 Å². The van der Waals surface area contributed by atoms with Gasteiger partial charge in [-0.2, -0.15) is 0 Å². The molecule has 0 aromatic heterocycles. The fourth-order valence-corrected chi connectivity index (χ4v) is 5.16. The summed E-state index contributed by atoms with van der Waals surface area (Å²) in [5, 5.41) is 2.75. The summed E-state index contributed by atoms with van der Waals surface area (Å²) >= 11 is 0. The SMILES string of the molecule is O=C1CC(C(=O)Cc2ccc(-c3ccccc3Cc3ccc(OCCN4CCCC4)cc3)cc2)CN1. The second kappa shape index (κ2) is 11.5. The third kappa shape index (κ3) is 6.21. The number of carbonyl (C=O) groups excluding carboxylic acids is 2. The van der Waals surface area contributed by atoms with E-state index in [0.717, 1.165) is 36.4 Å². The number of benzene rings is 3. The summed E-state index contributed by atoms with van der Waals surface area (Å²) in [6.07, 6.45) is 4.14. The van der Waals surface area contributed by atoms with E-state index in [2.05, 4.69) is 70.9 Å². The van der Waals surface area contributed by atoms with Gasteiger partial charge in [-0.05, 0) is 72.3 Å². The minimum Gasteiger partial charge on any atom is -0.492 e. The van der Waals surface area contributed by atoms with E-state index in [9.17, 15) is 9.59 Å².